The van der Waals surface area contributed by atoms with Gasteiger partial charge in [-0.15, -0.1) is 0 Å². The normalized spacial score (nSPS) is 33.8. The van der Waals surface area contributed by atoms with Crippen LogP contribution in [0.25, 0.3) is 0 Å². The SMILES string of the molecule is CC(=O)OC1(F)C=CC(C)([N+](=O)[O-])C=C1. The van der Waals surface area contributed by atoms with Crippen LogP contribution in [-0.2, 0) is 9.53 Å². The van der Waals surface area contributed by atoms with E-state index in [9.17, 15) is 19.3 Å². The third-order valence-electron chi connectivity index (χ3n) is 1.99. The molecule has 0 N–H and O–H groups in total. The van der Waals surface area contributed by atoms with Crippen LogP contribution in [0.4, 0.5) is 4.39 Å². The van der Waals surface area contributed by atoms with Gasteiger partial charge in [-0.2, -0.15) is 4.39 Å². The third kappa shape index (κ3) is 2.39. The summed E-state index contributed by atoms with van der Waals surface area (Å²) < 4.78 is 17.9. The number of nitro groups is 1. The summed E-state index contributed by atoms with van der Waals surface area (Å²) in [5, 5.41) is 10.6. The average Bonchev–Trinajstić information content (AvgIpc) is 2.09. The Morgan fingerprint density at radius 3 is 2.20 bits per heavy atom. The zero-order valence-electron chi connectivity index (χ0n) is 8.27. The lowest BCUT2D eigenvalue weighted by molar-refractivity contribution is -0.536. The maximum atomic E-state index is 13.6. The number of alkyl halides is 1. The molecule has 1 aliphatic carbocycles. The van der Waals surface area contributed by atoms with Crippen LogP contribution >= 0.6 is 0 Å². The number of carbonyl (C=O) groups is 1. The predicted molar refractivity (Wildman–Crippen MR) is 49.3 cm³/mol. The molecule has 0 fully saturated rings. The van der Waals surface area contributed by atoms with E-state index >= 15 is 0 Å². The van der Waals surface area contributed by atoms with Crippen molar-refractivity contribution in [3.8, 4) is 0 Å². The Hall–Kier alpha value is -1.72. The van der Waals surface area contributed by atoms with E-state index in [2.05, 4.69) is 4.74 Å². The van der Waals surface area contributed by atoms with Gasteiger partial charge in [0.1, 0.15) is 0 Å². The molecule has 82 valence electrons. The van der Waals surface area contributed by atoms with Crippen LogP contribution in [0.15, 0.2) is 24.3 Å². The molecule has 0 unspecified atom stereocenters. The maximum Gasteiger partial charge on any atom is 0.305 e. The van der Waals surface area contributed by atoms with E-state index in [0.717, 1.165) is 31.2 Å². The first kappa shape index (κ1) is 11.4. The van der Waals surface area contributed by atoms with Crippen LogP contribution in [0, 0.1) is 10.1 Å². The highest BCUT2D eigenvalue weighted by atomic mass is 19.2. The second-order valence-corrected chi connectivity index (χ2v) is 3.44. The molecule has 15 heavy (non-hydrogen) atoms. The summed E-state index contributed by atoms with van der Waals surface area (Å²) in [6, 6.07) is 0. The van der Waals surface area contributed by atoms with Gasteiger partial charge >= 0.3 is 5.97 Å². The standard InChI is InChI=1S/C9H10FNO4/c1-7(12)15-9(10)5-3-8(2,4-6-9)11(13)14/h3-6H,1-2H3. The van der Waals surface area contributed by atoms with Gasteiger partial charge in [-0.1, -0.05) is 0 Å². The van der Waals surface area contributed by atoms with Gasteiger partial charge in [-0.25, -0.2) is 0 Å². The Kier molecular flexibility index (Phi) is 2.61. The molecule has 0 aromatic heterocycles. The average molecular weight is 215 g/mol. The van der Waals surface area contributed by atoms with Crippen molar-refractivity contribution >= 4 is 5.97 Å². The van der Waals surface area contributed by atoms with Crippen LogP contribution < -0.4 is 0 Å². The van der Waals surface area contributed by atoms with Gasteiger partial charge < -0.3 is 4.74 Å². The fourth-order valence-corrected chi connectivity index (χ4v) is 1.09. The Morgan fingerprint density at radius 2 is 1.87 bits per heavy atom. The Morgan fingerprint density at radius 1 is 1.40 bits per heavy atom. The minimum atomic E-state index is -2.37. The Bertz CT molecular complexity index is 347. The molecule has 6 heteroatoms. The molecule has 0 radical (unpaired) electrons. The summed E-state index contributed by atoms with van der Waals surface area (Å²) >= 11 is 0. The number of hydrogen-bond acceptors (Lipinski definition) is 4. The molecular formula is C9H10FNO4. The van der Waals surface area contributed by atoms with Gasteiger partial charge in [0.2, 0.25) is 0 Å². The molecule has 0 aliphatic heterocycles. The molecule has 0 aromatic carbocycles. The molecule has 5 nitrogen and oxygen atoms in total. The van der Waals surface area contributed by atoms with Crippen molar-refractivity contribution in [2.24, 2.45) is 0 Å². The third-order valence-corrected chi connectivity index (χ3v) is 1.99. The van der Waals surface area contributed by atoms with Crippen LogP contribution in [0.2, 0.25) is 0 Å². The van der Waals surface area contributed by atoms with Gasteiger partial charge in [0, 0.05) is 18.8 Å². The lowest BCUT2D eigenvalue weighted by Gasteiger charge is -2.23. The molecule has 0 heterocycles. The van der Waals surface area contributed by atoms with E-state index in [1.807, 2.05) is 0 Å². The summed E-state index contributed by atoms with van der Waals surface area (Å²) in [7, 11) is 0. The zero-order chi connectivity index (χ0) is 11.7. The monoisotopic (exact) mass is 215 g/mol. The molecular weight excluding hydrogens is 205 g/mol. The number of esters is 1. The van der Waals surface area contributed by atoms with Crippen LogP contribution in [0.1, 0.15) is 13.8 Å². The number of carbonyl (C=O) groups excluding carboxylic acids is 1. The zero-order valence-corrected chi connectivity index (χ0v) is 8.27. The lowest BCUT2D eigenvalue weighted by atomic mass is 9.95. The molecule has 0 amide bonds. The van der Waals surface area contributed by atoms with Crippen LogP contribution in [0.5, 0.6) is 0 Å². The van der Waals surface area contributed by atoms with E-state index < -0.39 is 22.3 Å². The second kappa shape index (κ2) is 3.45. The fourth-order valence-electron chi connectivity index (χ4n) is 1.09. The highest BCUT2D eigenvalue weighted by Gasteiger charge is 2.39. The van der Waals surface area contributed by atoms with Gasteiger partial charge in [0.15, 0.2) is 0 Å². The Balaban J connectivity index is 2.88. The number of halogens is 1. The molecule has 1 rings (SSSR count). The van der Waals surface area contributed by atoms with Crippen molar-refractivity contribution < 1.29 is 18.8 Å². The summed E-state index contributed by atoms with van der Waals surface area (Å²) in [5.74, 6) is -3.17. The van der Waals surface area contributed by atoms with Crippen LogP contribution in [-0.4, -0.2) is 22.3 Å². The fraction of sp³-hybridized carbons (Fsp3) is 0.444. The topological polar surface area (TPSA) is 69.4 Å². The highest BCUT2D eigenvalue weighted by molar-refractivity contribution is 5.67. The van der Waals surface area contributed by atoms with Gasteiger partial charge in [-0.05, 0) is 24.3 Å². The highest BCUT2D eigenvalue weighted by Crippen LogP contribution is 2.27. The van der Waals surface area contributed by atoms with E-state index in [1.54, 1.807) is 0 Å². The van der Waals surface area contributed by atoms with Crippen molar-refractivity contribution in [1.82, 2.24) is 0 Å². The number of rotatable bonds is 2. The predicted octanol–water partition coefficient (Wildman–Crippen LogP) is 1.38. The first-order valence-corrected chi connectivity index (χ1v) is 4.21. The summed E-state index contributed by atoms with van der Waals surface area (Å²) in [4.78, 5) is 20.6. The van der Waals surface area contributed by atoms with Crippen LogP contribution in [0.3, 0.4) is 0 Å². The minimum absolute atomic E-state index is 0.562. The van der Waals surface area contributed by atoms with Crippen molar-refractivity contribution in [2.45, 2.75) is 25.2 Å². The van der Waals surface area contributed by atoms with E-state index in [4.69, 9.17) is 0 Å². The quantitative estimate of drug-likeness (QED) is 0.302. The van der Waals surface area contributed by atoms with Gasteiger partial charge in [0.25, 0.3) is 11.4 Å². The molecule has 0 atom stereocenters. The number of nitrogens with zero attached hydrogens (tertiary/aromatic N) is 1. The van der Waals surface area contributed by atoms with Crippen molar-refractivity contribution in [3.63, 3.8) is 0 Å². The first-order valence-electron chi connectivity index (χ1n) is 4.21. The van der Waals surface area contributed by atoms with Crippen molar-refractivity contribution in [1.29, 1.82) is 0 Å². The van der Waals surface area contributed by atoms with Crippen molar-refractivity contribution in [3.05, 3.63) is 34.4 Å². The molecule has 0 saturated heterocycles. The largest absolute Gasteiger partial charge is 0.421 e. The number of hydrogen-bond donors (Lipinski definition) is 0. The lowest BCUT2D eigenvalue weighted by Crippen LogP contribution is -2.36. The minimum Gasteiger partial charge on any atom is -0.421 e. The summed E-state index contributed by atoms with van der Waals surface area (Å²) in [6.07, 6.45) is 3.82. The smallest absolute Gasteiger partial charge is 0.305 e. The summed E-state index contributed by atoms with van der Waals surface area (Å²) in [5.41, 5.74) is -1.45. The van der Waals surface area contributed by atoms with Gasteiger partial charge in [-0.3, -0.25) is 14.9 Å². The molecule has 1 aliphatic rings. The molecule has 0 saturated carbocycles. The summed E-state index contributed by atoms with van der Waals surface area (Å²) in [6.45, 7) is 2.37. The molecule has 0 spiro atoms. The maximum absolute atomic E-state index is 13.6. The van der Waals surface area contributed by atoms with E-state index in [-0.39, 0.29) is 0 Å². The van der Waals surface area contributed by atoms with E-state index in [0.29, 0.717) is 0 Å². The first-order chi connectivity index (χ1) is 6.77. The molecule has 0 bridgehead atoms. The second-order valence-electron chi connectivity index (χ2n) is 3.44. The van der Waals surface area contributed by atoms with E-state index in [1.165, 1.54) is 6.92 Å². The molecule has 0 aromatic rings. The van der Waals surface area contributed by atoms with Gasteiger partial charge in [0.05, 0.1) is 0 Å². The Labute approximate surface area is 85.4 Å². The van der Waals surface area contributed by atoms with Crippen molar-refractivity contribution in [2.75, 3.05) is 0 Å². The number of ether oxygens (including phenoxy) is 1.